The van der Waals surface area contributed by atoms with Crippen LogP contribution >= 0.6 is 35.8 Å². The van der Waals surface area contributed by atoms with Crippen LogP contribution in [0, 0.1) is 0 Å². The Morgan fingerprint density at radius 2 is 1.92 bits per heavy atom. The van der Waals surface area contributed by atoms with E-state index in [4.69, 9.17) is 23.2 Å². The van der Waals surface area contributed by atoms with Crippen molar-refractivity contribution in [1.82, 2.24) is 9.97 Å². The van der Waals surface area contributed by atoms with Crippen LogP contribution in [0.5, 0.6) is 0 Å². The third-order valence-corrected chi connectivity index (χ3v) is 1.99. The lowest BCUT2D eigenvalue weighted by Gasteiger charge is -1.97. The Kier molecular flexibility index (Phi) is 3.85. The van der Waals surface area contributed by atoms with Crippen molar-refractivity contribution in [3.8, 4) is 0 Å². The van der Waals surface area contributed by atoms with Crippen LogP contribution < -0.4 is 0 Å². The molecule has 0 aromatic carbocycles. The Hall–Kier alpha value is -0.250. The number of halogens is 2. The van der Waals surface area contributed by atoms with Gasteiger partial charge in [-0.15, -0.1) is 0 Å². The van der Waals surface area contributed by atoms with E-state index in [0.29, 0.717) is 21.6 Å². The van der Waals surface area contributed by atoms with Gasteiger partial charge in [0.2, 0.25) is 0 Å². The Morgan fingerprint density at radius 3 is 2.42 bits per heavy atom. The molecule has 0 amide bonds. The quantitative estimate of drug-likeness (QED) is 0.613. The molecule has 0 atom stereocenters. The van der Waals surface area contributed by atoms with E-state index in [1.807, 2.05) is 6.08 Å². The zero-order chi connectivity index (χ0) is 8.97. The predicted octanol–water partition coefficient (Wildman–Crippen LogP) is 2.73. The first kappa shape index (κ1) is 9.84. The highest BCUT2D eigenvalue weighted by Gasteiger charge is 2.02. The topological polar surface area (TPSA) is 25.8 Å². The van der Waals surface area contributed by atoms with E-state index in [1.165, 1.54) is 6.33 Å². The van der Waals surface area contributed by atoms with Crippen LogP contribution in [0.2, 0.25) is 10.3 Å². The molecule has 0 radical (unpaired) electrons. The van der Waals surface area contributed by atoms with Crippen LogP contribution in [0.3, 0.4) is 0 Å². The van der Waals surface area contributed by atoms with Crippen LogP contribution in [-0.4, -0.2) is 15.7 Å². The molecule has 1 aromatic rings. The summed E-state index contributed by atoms with van der Waals surface area (Å²) in [4.78, 5) is 7.57. The molecule has 2 nitrogen and oxygen atoms in total. The van der Waals surface area contributed by atoms with Crippen molar-refractivity contribution < 1.29 is 0 Å². The predicted molar refractivity (Wildman–Crippen MR) is 54.9 cm³/mol. The zero-order valence-corrected chi connectivity index (χ0v) is 8.44. The maximum absolute atomic E-state index is 5.75. The maximum atomic E-state index is 5.75. The summed E-state index contributed by atoms with van der Waals surface area (Å²) in [5, 5.41) is 0.709. The minimum atomic E-state index is 0.355. The number of aromatic nitrogens is 2. The highest BCUT2D eigenvalue weighted by molar-refractivity contribution is 7.80. The fourth-order valence-corrected chi connectivity index (χ4v) is 1.21. The Morgan fingerprint density at radius 1 is 1.33 bits per heavy atom. The first-order valence-electron chi connectivity index (χ1n) is 3.19. The summed E-state index contributed by atoms with van der Waals surface area (Å²) < 4.78 is 0. The number of thiol groups is 1. The van der Waals surface area contributed by atoms with Crippen molar-refractivity contribution in [2.45, 2.75) is 0 Å². The van der Waals surface area contributed by atoms with Crippen LogP contribution in [0.4, 0.5) is 0 Å². The van der Waals surface area contributed by atoms with Crippen molar-refractivity contribution in [2.24, 2.45) is 0 Å². The van der Waals surface area contributed by atoms with Crippen molar-refractivity contribution in [2.75, 3.05) is 5.75 Å². The van der Waals surface area contributed by atoms with Crippen molar-refractivity contribution >= 4 is 41.9 Å². The fourth-order valence-electron chi connectivity index (χ4n) is 0.663. The molecule has 1 aromatic heterocycles. The molecule has 1 rings (SSSR count). The lowest BCUT2D eigenvalue weighted by molar-refractivity contribution is 1.16. The average Bonchev–Trinajstić information content (AvgIpc) is 2.04. The number of hydrogen-bond acceptors (Lipinski definition) is 3. The van der Waals surface area contributed by atoms with Gasteiger partial charge in [-0.3, -0.25) is 0 Å². The second-order valence-electron chi connectivity index (χ2n) is 1.95. The van der Waals surface area contributed by atoms with Gasteiger partial charge >= 0.3 is 0 Å². The Bertz CT molecular complexity index is 281. The van der Waals surface area contributed by atoms with Gasteiger partial charge in [-0.2, -0.15) is 12.6 Å². The summed E-state index contributed by atoms with van der Waals surface area (Å²) in [5.41, 5.74) is 0.634. The van der Waals surface area contributed by atoms with Crippen molar-refractivity contribution in [1.29, 1.82) is 0 Å². The molecule has 1 heterocycles. The summed E-state index contributed by atoms with van der Waals surface area (Å²) >= 11 is 15.5. The second-order valence-corrected chi connectivity index (χ2v) is 3.04. The number of nitrogens with zero attached hydrogens (tertiary/aromatic N) is 2. The summed E-state index contributed by atoms with van der Waals surface area (Å²) in [6.07, 6.45) is 4.89. The number of hydrogen-bond donors (Lipinski definition) is 1. The van der Waals surface area contributed by atoms with E-state index in [1.54, 1.807) is 6.08 Å². The first-order chi connectivity index (χ1) is 5.75. The van der Waals surface area contributed by atoms with Crippen LogP contribution in [-0.2, 0) is 0 Å². The fraction of sp³-hybridized carbons (Fsp3) is 0.143. The largest absolute Gasteiger partial charge is 0.224 e. The summed E-state index contributed by atoms with van der Waals surface area (Å²) in [5.74, 6) is 0.627. The first-order valence-corrected chi connectivity index (χ1v) is 4.58. The molecular weight excluding hydrogens is 215 g/mol. The molecule has 0 fully saturated rings. The van der Waals surface area contributed by atoms with E-state index >= 15 is 0 Å². The monoisotopic (exact) mass is 220 g/mol. The second kappa shape index (κ2) is 4.70. The molecule has 12 heavy (non-hydrogen) atoms. The normalized spacial score (nSPS) is 10.9. The van der Waals surface area contributed by atoms with Crippen molar-refractivity contribution in [3.63, 3.8) is 0 Å². The third-order valence-electron chi connectivity index (χ3n) is 1.18. The SMILES string of the molecule is SCC=Cc1c(Cl)ncnc1Cl. The summed E-state index contributed by atoms with van der Waals surface area (Å²) in [6, 6.07) is 0. The van der Waals surface area contributed by atoms with Crippen LogP contribution in [0.25, 0.3) is 6.08 Å². The lowest BCUT2D eigenvalue weighted by Crippen LogP contribution is -1.86. The van der Waals surface area contributed by atoms with Crippen molar-refractivity contribution in [3.05, 3.63) is 28.3 Å². The van der Waals surface area contributed by atoms with Gasteiger partial charge in [0, 0.05) is 11.3 Å². The maximum Gasteiger partial charge on any atom is 0.141 e. The molecule has 0 aliphatic heterocycles. The van der Waals surface area contributed by atoms with Gasteiger partial charge in [0.1, 0.15) is 16.6 Å². The minimum absolute atomic E-state index is 0.355. The highest BCUT2D eigenvalue weighted by Crippen LogP contribution is 2.20. The molecule has 0 aliphatic carbocycles. The van der Waals surface area contributed by atoms with Gasteiger partial charge in [0.25, 0.3) is 0 Å². The smallest absolute Gasteiger partial charge is 0.141 e. The van der Waals surface area contributed by atoms with E-state index in [2.05, 4.69) is 22.6 Å². The molecule has 0 spiro atoms. The summed E-state index contributed by atoms with van der Waals surface area (Å²) in [6.45, 7) is 0. The minimum Gasteiger partial charge on any atom is -0.224 e. The Labute approximate surface area is 86.0 Å². The van der Waals surface area contributed by atoms with E-state index in [9.17, 15) is 0 Å². The van der Waals surface area contributed by atoms with Gasteiger partial charge in [0.15, 0.2) is 0 Å². The van der Waals surface area contributed by atoms with Crippen LogP contribution in [0.15, 0.2) is 12.4 Å². The molecule has 5 heteroatoms. The molecule has 0 saturated heterocycles. The standard InChI is InChI=1S/C7H6Cl2N2S/c8-6-5(2-1-3-12)7(9)11-4-10-6/h1-2,4,12H,3H2. The summed E-state index contributed by atoms with van der Waals surface area (Å²) in [7, 11) is 0. The van der Waals surface area contributed by atoms with Gasteiger partial charge in [0.05, 0.1) is 0 Å². The lowest BCUT2D eigenvalue weighted by atomic mass is 10.3. The molecule has 0 N–H and O–H groups in total. The zero-order valence-electron chi connectivity index (χ0n) is 6.04. The van der Waals surface area contributed by atoms with Gasteiger partial charge in [-0.05, 0) is 0 Å². The highest BCUT2D eigenvalue weighted by atomic mass is 35.5. The van der Waals surface area contributed by atoms with Gasteiger partial charge in [-0.1, -0.05) is 35.4 Å². The number of rotatable bonds is 2. The third kappa shape index (κ3) is 2.37. The molecular formula is C7H6Cl2N2S. The van der Waals surface area contributed by atoms with Crippen LogP contribution in [0.1, 0.15) is 5.56 Å². The molecule has 0 saturated carbocycles. The molecule has 0 unspecified atom stereocenters. The van der Waals surface area contributed by atoms with E-state index in [0.717, 1.165) is 0 Å². The van der Waals surface area contributed by atoms with Gasteiger partial charge < -0.3 is 0 Å². The molecule has 0 bridgehead atoms. The van der Waals surface area contributed by atoms with E-state index < -0.39 is 0 Å². The van der Waals surface area contributed by atoms with E-state index in [-0.39, 0.29) is 0 Å². The molecule has 0 aliphatic rings. The van der Waals surface area contributed by atoms with Gasteiger partial charge in [-0.25, -0.2) is 9.97 Å². The molecule has 64 valence electrons. The average molecular weight is 221 g/mol. The Balaban J connectivity index is 3.04.